The summed E-state index contributed by atoms with van der Waals surface area (Å²) in [5, 5.41) is 0. The topological polar surface area (TPSA) is 58.3 Å². The fraction of sp³-hybridized carbons (Fsp3) is 0.667. The molecular weight excluding hydrogens is 214 g/mol. The van der Waals surface area contributed by atoms with E-state index in [0.717, 1.165) is 31.3 Å². The molecule has 0 bridgehead atoms. The highest BCUT2D eigenvalue weighted by Gasteiger charge is 2.31. The molecule has 2 N–H and O–H groups in total. The molecule has 0 aromatic carbocycles. The van der Waals surface area contributed by atoms with Crippen molar-refractivity contribution in [2.45, 2.75) is 26.3 Å². The van der Waals surface area contributed by atoms with Crippen LogP contribution in [-0.2, 0) is 0 Å². The molecule has 0 saturated carbocycles. The standard InChI is InChI=1S/C12H21N5/c1-9-14-10(13)7-11(15-9)17-6-5-16(4)12(2,3)8-17/h7H,5-6,8H2,1-4H3,(H2,13,14,15). The minimum atomic E-state index is 0.159. The van der Waals surface area contributed by atoms with Gasteiger partial charge in [0.1, 0.15) is 17.5 Å². The average molecular weight is 235 g/mol. The van der Waals surface area contributed by atoms with Crippen molar-refractivity contribution in [3.8, 4) is 0 Å². The molecule has 5 nitrogen and oxygen atoms in total. The molecular formula is C12H21N5. The Morgan fingerprint density at radius 1 is 1.29 bits per heavy atom. The fourth-order valence-corrected chi connectivity index (χ4v) is 2.17. The Bertz CT molecular complexity index is 395. The number of aromatic nitrogens is 2. The third-order valence-electron chi connectivity index (χ3n) is 3.48. The summed E-state index contributed by atoms with van der Waals surface area (Å²) in [4.78, 5) is 13.2. The second-order valence-electron chi connectivity index (χ2n) is 5.35. The molecule has 0 atom stereocenters. The number of nitrogens with zero attached hydrogens (tertiary/aromatic N) is 4. The van der Waals surface area contributed by atoms with Crippen molar-refractivity contribution < 1.29 is 0 Å². The number of aryl methyl sites for hydroxylation is 1. The van der Waals surface area contributed by atoms with Crippen LogP contribution in [0, 0.1) is 6.92 Å². The van der Waals surface area contributed by atoms with Crippen molar-refractivity contribution in [1.29, 1.82) is 0 Å². The van der Waals surface area contributed by atoms with Gasteiger partial charge in [-0.2, -0.15) is 0 Å². The number of likely N-dealkylation sites (N-methyl/N-ethyl adjacent to an activating group) is 1. The minimum absolute atomic E-state index is 0.159. The zero-order valence-electron chi connectivity index (χ0n) is 11.1. The molecule has 1 fully saturated rings. The van der Waals surface area contributed by atoms with Gasteiger partial charge in [0, 0.05) is 31.2 Å². The van der Waals surface area contributed by atoms with Crippen LogP contribution in [0.25, 0.3) is 0 Å². The molecule has 1 saturated heterocycles. The largest absolute Gasteiger partial charge is 0.384 e. The van der Waals surface area contributed by atoms with Crippen molar-refractivity contribution >= 4 is 11.6 Å². The summed E-state index contributed by atoms with van der Waals surface area (Å²) >= 11 is 0. The van der Waals surface area contributed by atoms with E-state index in [4.69, 9.17) is 5.73 Å². The van der Waals surface area contributed by atoms with Gasteiger partial charge in [-0.15, -0.1) is 0 Å². The highest BCUT2D eigenvalue weighted by atomic mass is 15.3. The molecule has 5 heteroatoms. The van der Waals surface area contributed by atoms with E-state index in [9.17, 15) is 0 Å². The van der Waals surface area contributed by atoms with E-state index >= 15 is 0 Å². The SMILES string of the molecule is Cc1nc(N)cc(N2CCN(C)C(C)(C)C2)n1. The van der Waals surface area contributed by atoms with Crippen LogP contribution in [0.1, 0.15) is 19.7 Å². The van der Waals surface area contributed by atoms with Crippen LogP contribution in [0.3, 0.4) is 0 Å². The Labute approximate surface area is 103 Å². The molecule has 1 aliphatic heterocycles. The van der Waals surface area contributed by atoms with E-state index in [-0.39, 0.29) is 5.54 Å². The number of hydrogen-bond acceptors (Lipinski definition) is 5. The van der Waals surface area contributed by atoms with E-state index in [1.54, 1.807) is 0 Å². The zero-order chi connectivity index (χ0) is 12.6. The highest BCUT2D eigenvalue weighted by Crippen LogP contribution is 2.23. The van der Waals surface area contributed by atoms with Gasteiger partial charge in [-0.3, -0.25) is 4.90 Å². The molecule has 94 valence electrons. The van der Waals surface area contributed by atoms with Crippen LogP contribution >= 0.6 is 0 Å². The van der Waals surface area contributed by atoms with Gasteiger partial charge < -0.3 is 10.6 Å². The lowest BCUT2D eigenvalue weighted by Crippen LogP contribution is -2.57. The van der Waals surface area contributed by atoms with Crippen LogP contribution in [0.2, 0.25) is 0 Å². The van der Waals surface area contributed by atoms with Gasteiger partial charge in [0.15, 0.2) is 0 Å². The Balaban J connectivity index is 2.23. The third kappa shape index (κ3) is 2.49. The lowest BCUT2D eigenvalue weighted by molar-refractivity contribution is 0.138. The van der Waals surface area contributed by atoms with Crippen LogP contribution < -0.4 is 10.6 Å². The predicted molar refractivity (Wildman–Crippen MR) is 70.1 cm³/mol. The van der Waals surface area contributed by atoms with Gasteiger partial charge in [0.25, 0.3) is 0 Å². The zero-order valence-corrected chi connectivity index (χ0v) is 11.1. The number of nitrogen functional groups attached to an aromatic ring is 1. The number of rotatable bonds is 1. The van der Waals surface area contributed by atoms with Crippen molar-refractivity contribution in [2.75, 3.05) is 37.3 Å². The first kappa shape index (κ1) is 12.1. The van der Waals surface area contributed by atoms with E-state index in [2.05, 4.69) is 40.7 Å². The van der Waals surface area contributed by atoms with Crippen molar-refractivity contribution in [3.05, 3.63) is 11.9 Å². The third-order valence-corrected chi connectivity index (χ3v) is 3.48. The molecule has 1 aromatic rings. The van der Waals surface area contributed by atoms with Crippen molar-refractivity contribution in [1.82, 2.24) is 14.9 Å². The molecule has 2 rings (SSSR count). The number of anilines is 2. The molecule has 17 heavy (non-hydrogen) atoms. The molecule has 1 aromatic heterocycles. The number of nitrogens with two attached hydrogens (primary N) is 1. The molecule has 0 unspecified atom stereocenters. The summed E-state index contributed by atoms with van der Waals surface area (Å²) in [6.07, 6.45) is 0. The van der Waals surface area contributed by atoms with E-state index in [0.29, 0.717) is 5.82 Å². The highest BCUT2D eigenvalue weighted by molar-refractivity contribution is 5.47. The summed E-state index contributed by atoms with van der Waals surface area (Å²) in [6.45, 7) is 9.35. The van der Waals surface area contributed by atoms with Crippen LogP contribution in [0.4, 0.5) is 11.6 Å². The summed E-state index contributed by atoms with van der Waals surface area (Å²) in [7, 11) is 2.16. The first-order valence-electron chi connectivity index (χ1n) is 5.96. The van der Waals surface area contributed by atoms with E-state index in [1.807, 2.05) is 13.0 Å². The maximum absolute atomic E-state index is 5.77. The molecule has 0 aliphatic carbocycles. The van der Waals surface area contributed by atoms with E-state index < -0.39 is 0 Å². The second kappa shape index (κ2) is 4.14. The Morgan fingerprint density at radius 3 is 2.59 bits per heavy atom. The minimum Gasteiger partial charge on any atom is -0.384 e. The van der Waals surface area contributed by atoms with Crippen molar-refractivity contribution in [3.63, 3.8) is 0 Å². The molecule has 0 spiro atoms. The van der Waals surface area contributed by atoms with Gasteiger partial charge in [0.2, 0.25) is 0 Å². The average Bonchev–Trinajstić information content (AvgIpc) is 2.20. The van der Waals surface area contributed by atoms with Crippen LogP contribution in [0.5, 0.6) is 0 Å². The predicted octanol–water partition coefficient (Wildman–Crippen LogP) is 0.898. The normalized spacial score (nSPS) is 20.6. The summed E-state index contributed by atoms with van der Waals surface area (Å²) in [5.41, 5.74) is 5.93. The first-order valence-corrected chi connectivity index (χ1v) is 5.96. The Hall–Kier alpha value is -1.36. The quantitative estimate of drug-likeness (QED) is 0.783. The smallest absolute Gasteiger partial charge is 0.134 e. The second-order valence-corrected chi connectivity index (χ2v) is 5.35. The van der Waals surface area contributed by atoms with Gasteiger partial charge in [-0.25, -0.2) is 9.97 Å². The molecule has 2 heterocycles. The van der Waals surface area contributed by atoms with Gasteiger partial charge in [-0.1, -0.05) is 0 Å². The van der Waals surface area contributed by atoms with E-state index in [1.165, 1.54) is 0 Å². The summed E-state index contributed by atoms with van der Waals surface area (Å²) in [6, 6.07) is 1.86. The fourth-order valence-electron chi connectivity index (χ4n) is 2.17. The Kier molecular flexibility index (Phi) is 2.95. The monoisotopic (exact) mass is 235 g/mol. The van der Waals surface area contributed by atoms with Crippen molar-refractivity contribution in [2.24, 2.45) is 0 Å². The van der Waals surface area contributed by atoms with Crippen LogP contribution in [-0.4, -0.2) is 47.1 Å². The maximum atomic E-state index is 5.77. The molecule has 0 radical (unpaired) electrons. The summed E-state index contributed by atoms with van der Waals surface area (Å²) in [5.74, 6) is 2.22. The molecule has 0 amide bonds. The van der Waals surface area contributed by atoms with Gasteiger partial charge >= 0.3 is 0 Å². The lowest BCUT2D eigenvalue weighted by atomic mass is 10.00. The maximum Gasteiger partial charge on any atom is 0.134 e. The lowest BCUT2D eigenvalue weighted by Gasteiger charge is -2.45. The number of hydrogen-bond donors (Lipinski definition) is 1. The van der Waals surface area contributed by atoms with Gasteiger partial charge in [-0.05, 0) is 27.8 Å². The molecule has 1 aliphatic rings. The summed E-state index contributed by atoms with van der Waals surface area (Å²) < 4.78 is 0. The first-order chi connectivity index (χ1) is 7.88. The van der Waals surface area contributed by atoms with Gasteiger partial charge in [0.05, 0.1) is 0 Å². The number of piperazine rings is 1. The van der Waals surface area contributed by atoms with Crippen LogP contribution in [0.15, 0.2) is 6.07 Å². The Morgan fingerprint density at radius 2 is 2.00 bits per heavy atom.